The molecule has 0 saturated carbocycles. The van der Waals surface area contributed by atoms with Crippen molar-refractivity contribution in [3.8, 4) is 22.5 Å². The van der Waals surface area contributed by atoms with Crippen molar-refractivity contribution in [2.24, 2.45) is 0 Å². The third-order valence-corrected chi connectivity index (χ3v) is 10.5. The van der Waals surface area contributed by atoms with E-state index in [4.69, 9.17) is 0 Å². The highest BCUT2D eigenvalue weighted by Gasteiger charge is 2.20. The Morgan fingerprint density at radius 3 is 1.71 bits per heavy atom. The van der Waals surface area contributed by atoms with E-state index in [0.29, 0.717) is 0 Å². The van der Waals surface area contributed by atoms with E-state index in [1.807, 2.05) is 11.3 Å². The molecule has 45 heavy (non-hydrogen) atoms. The molecule has 0 atom stereocenters. The van der Waals surface area contributed by atoms with Crippen LogP contribution in [0, 0.1) is 0 Å². The van der Waals surface area contributed by atoms with Gasteiger partial charge in [0.15, 0.2) is 0 Å². The minimum absolute atomic E-state index is 1.17. The zero-order valence-corrected chi connectivity index (χ0v) is 25.1. The van der Waals surface area contributed by atoms with Gasteiger partial charge < -0.3 is 9.13 Å². The second kappa shape index (κ2) is 9.43. The molecule has 10 rings (SSSR count). The molecule has 0 aliphatic rings. The van der Waals surface area contributed by atoms with E-state index in [1.165, 1.54) is 86.3 Å². The van der Waals surface area contributed by atoms with Crippen LogP contribution in [-0.2, 0) is 0 Å². The Morgan fingerprint density at radius 1 is 0.356 bits per heavy atom. The topological polar surface area (TPSA) is 9.86 Å². The maximum absolute atomic E-state index is 2.49. The van der Waals surface area contributed by atoms with Crippen molar-refractivity contribution >= 4 is 75.1 Å². The van der Waals surface area contributed by atoms with Crippen molar-refractivity contribution in [1.82, 2.24) is 9.13 Å². The number of aromatic nitrogens is 2. The lowest BCUT2D eigenvalue weighted by molar-refractivity contribution is 1.18. The van der Waals surface area contributed by atoms with Gasteiger partial charge in [-0.05, 0) is 59.7 Å². The molecule has 0 radical (unpaired) electrons. The van der Waals surface area contributed by atoms with Gasteiger partial charge in [0.1, 0.15) is 0 Å². The molecule has 0 N–H and O–H groups in total. The second-order valence-corrected chi connectivity index (χ2v) is 12.8. The van der Waals surface area contributed by atoms with E-state index in [0.717, 1.165) is 0 Å². The maximum Gasteiger partial charge on any atom is 0.0640 e. The minimum Gasteiger partial charge on any atom is -0.309 e. The molecule has 210 valence electrons. The average molecular weight is 591 g/mol. The first kappa shape index (κ1) is 24.8. The van der Waals surface area contributed by atoms with Gasteiger partial charge in [0.05, 0.1) is 32.5 Å². The van der Waals surface area contributed by atoms with E-state index in [-0.39, 0.29) is 0 Å². The number of benzene rings is 7. The number of para-hydroxylation sites is 2. The fraction of sp³-hybridized carbons (Fsp3) is 0. The molecule has 0 amide bonds. The van der Waals surface area contributed by atoms with Gasteiger partial charge in [-0.2, -0.15) is 0 Å². The maximum atomic E-state index is 2.49. The number of thiophene rings is 1. The quantitative estimate of drug-likeness (QED) is 0.194. The summed E-state index contributed by atoms with van der Waals surface area (Å²) in [6.45, 7) is 0. The van der Waals surface area contributed by atoms with Crippen molar-refractivity contribution in [3.63, 3.8) is 0 Å². The molecule has 0 fully saturated rings. The molecular weight excluding hydrogens is 565 g/mol. The minimum atomic E-state index is 1.17. The van der Waals surface area contributed by atoms with E-state index < -0.39 is 0 Å². The summed E-state index contributed by atoms with van der Waals surface area (Å²) in [7, 11) is 0. The lowest BCUT2D eigenvalue weighted by atomic mass is 10.1. The van der Waals surface area contributed by atoms with E-state index in [9.17, 15) is 0 Å². The number of hydrogen-bond acceptors (Lipinski definition) is 1. The predicted molar refractivity (Wildman–Crippen MR) is 193 cm³/mol. The third kappa shape index (κ3) is 3.56. The average Bonchev–Trinajstić information content (AvgIpc) is 3.75. The molecule has 3 heteroatoms. The van der Waals surface area contributed by atoms with Gasteiger partial charge in [-0.25, -0.2) is 0 Å². The fourth-order valence-electron chi connectivity index (χ4n) is 7.33. The monoisotopic (exact) mass is 590 g/mol. The lowest BCUT2D eigenvalue weighted by Gasteiger charge is -2.11. The Bertz CT molecular complexity index is 2760. The number of nitrogens with zero attached hydrogens (tertiary/aromatic N) is 2. The summed E-state index contributed by atoms with van der Waals surface area (Å²) in [5.41, 5.74) is 9.74. The van der Waals surface area contributed by atoms with Gasteiger partial charge in [0, 0.05) is 42.7 Å². The van der Waals surface area contributed by atoms with Crippen LogP contribution in [0.3, 0.4) is 0 Å². The fourth-order valence-corrected chi connectivity index (χ4v) is 8.54. The first-order valence-electron chi connectivity index (χ1n) is 15.4. The van der Waals surface area contributed by atoms with Crippen LogP contribution in [0.4, 0.5) is 0 Å². The van der Waals surface area contributed by atoms with Crippen molar-refractivity contribution < 1.29 is 0 Å². The van der Waals surface area contributed by atoms with Crippen molar-refractivity contribution in [3.05, 3.63) is 158 Å². The van der Waals surface area contributed by atoms with Gasteiger partial charge in [-0.3, -0.25) is 0 Å². The number of rotatable bonds is 3. The Morgan fingerprint density at radius 2 is 0.933 bits per heavy atom. The summed E-state index contributed by atoms with van der Waals surface area (Å²) in [4.78, 5) is 0. The molecule has 3 aromatic heterocycles. The molecule has 3 heterocycles. The van der Waals surface area contributed by atoms with Crippen molar-refractivity contribution in [1.29, 1.82) is 0 Å². The van der Waals surface area contributed by atoms with Gasteiger partial charge in [0.25, 0.3) is 0 Å². The van der Waals surface area contributed by atoms with Crippen LogP contribution in [0.5, 0.6) is 0 Å². The molecule has 0 unspecified atom stereocenters. The van der Waals surface area contributed by atoms with Crippen LogP contribution in [-0.4, -0.2) is 9.13 Å². The summed E-state index contributed by atoms with van der Waals surface area (Å²) >= 11 is 1.89. The summed E-state index contributed by atoms with van der Waals surface area (Å²) in [6, 6.07) is 57.6. The Balaban J connectivity index is 1.31. The van der Waals surface area contributed by atoms with E-state index >= 15 is 0 Å². The van der Waals surface area contributed by atoms with Crippen LogP contribution in [0.2, 0.25) is 0 Å². The van der Waals surface area contributed by atoms with Gasteiger partial charge in [-0.1, -0.05) is 109 Å². The van der Waals surface area contributed by atoms with Crippen molar-refractivity contribution in [2.45, 2.75) is 0 Å². The predicted octanol–water partition coefficient (Wildman–Crippen LogP) is 11.9. The summed E-state index contributed by atoms with van der Waals surface area (Å²) in [5, 5.41) is 7.69. The zero-order chi connectivity index (χ0) is 29.5. The zero-order valence-electron chi connectivity index (χ0n) is 24.3. The Kier molecular flexibility index (Phi) is 5.19. The molecule has 0 spiro atoms. The SMILES string of the molecule is c1ccc(-c2cccc(-n3c4ccccc4c4cc5c(cc43)c3ccccc3n5-c3cccc4c3sc3ccccc34)c2)cc1. The smallest absolute Gasteiger partial charge is 0.0640 e. The summed E-state index contributed by atoms with van der Waals surface area (Å²) in [5.74, 6) is 0. The molecule has 7 aromatic carbocycles. The summed E-state index contributed by atoms with van der Waals surface area (Å²) < 4.78 is 7.57. The van der Waals surface area contributed by atoms with Crippen molar-refractivity contribution in [2.75, 3.05) is 0 Å². The molecular formula is C42H26N2S. The highest BCUT2D eigenvalue weighted by molar-refractivity contribution is 7.26. The van der Waals surface area contributed by atoms with Crippen LogP contribution in [0.15, 0.2) is 158 Å². The number of hydrogen-bond donors (Lipinski definition) is 0. The van der Waals surface area contributed by atoms with Crippen LogP contribution in [0.25, 0.3) is 86.3 Å². The van der Waals surface area contributed by atoms with E-state index in [2.05, 4.69) is 167 Å². The van der Waals surface area contributed by atoms with Gasteiger partial charge in [0.2, 0.25) is 0 Å². The molecule has 0 aliphatic heterocycles. The van der Waals surface area contributed by atoms with Crippen LogP contribution >= 0.6 is 11.3 Å². The standard InChI is InChI=1S/C42H26N2S/c1-2-12-27(13-3-1)28-14-10-15-29(24-28)43-36-20-7-4-16-30(36)34-26-40-35(25-39(34)43)31-17-5-8-21-37(31)44(40)38-22-11-19-33-32-18-6-9-23-41(32)45-42(33)38/h1-26H. The highest BCUT2D eigenvalue weighted by Crippen LogP contribution is 2.43. The first-order chi connectivity index (χ1) is 22.3. The molecule has 0 bridgehead atoms. The normalized spacial score (nSPS) is 12.0. The first-order valence-corrected chi connectivity index (χ1v) is 16.2. The van der Waals surface area contributed by atoms with Gasteiger partial charge in [-0.15, -0.1) is 11.3 Å². The number of fused-ring (bicyclic) bond motifs is 9. The molecule has 0 aliphatic carbocycles. The Hall–Kier alpha value is -5.64. The largest absolute Gasteiger partial charge is 0.309 e. The van der Waals surface area contributed by atoms with E-state index in [1.54, 1.807) is 0 Å². The second-order valence-electron chi connectivity index (χ2n) is 11.8. The third-order valence-electron chi connectivity index (χ3n) is 9.30. The van der Waals surface area contributed by atoms with Gasteiger partial charge >= 0.3 is 0 Å². The highest BCUT2D eigenvalue weighted by atomic mass is 32.1. The summed E-state index contributed by atoms with van der Waals surface area (Å²) in [6.07, 6.45) is 0. The lowest BCUT2D eigenvalue weighted by Crippen LogP contribution is -1.95. The molecule has 2 nitrogen and oxygen atoms in total. The Labute approximate surface area is 263 Å². The molecule has 0 saturated heterocycles. The van der Waals surface area contributed by atoms with Crippen LogP contribution in [0.1, 0.15) is 0 Å². The van der Waals surface area contributed by atoms with Crippen LogP contribution < -0.4 is 0 Å². The molecule has 10 aromatic rings.